The van der Waals surface area contributed by atoms with Gasteiger partial charge in [0.15, 0.2) is 4.34 Å². The second-order valence-electron chi connectivity index (χ2n) is 4.36. The van der Waals surface area contributed by atoms with Crippen LogP contribution in [0.5, 0.6) is 0 Å². The highest BCUT2D eigenvalue weighted by Crippen LogP contribution is 2.24. The first-order valence-corrected chi connectivity index (χ1v) is 7.90. The van der Waals surface area contributed by atoms with Crippen LogP contribution in [0.1, 0.15) is 12.8 Å². The lowest BCUT2D eigenvalue weighted by atomic mass is 9.96. The molecule has 2 amide bonds. The molecule has 0 saturated carbocycles. The van der Waals surface area contributed by atoms with Gasteiger partial charge in [0.25, 0.3) is 0 Å². The van der Waals surface area contributed by atoms with Gasteiger partial charge in [0.1, 0.15) is 0 Å². The van der Waals surface area contributed by atoms with Crippen molar-refractivity contribution in [1.29, 1.82) is 0 Å². The number of amides is 2. The zero-order valence-electron chi connectivity index (χ0n) is 10.7. The second-order valence-corrected chi connectivity index (χ2v) is 6.59. The highest BCUT2D eigenvalue weighted by Gasteiger charge is 2.26. The van der Waals surface area contributed by atoms with Crippen molar-refractivity contribution >= 4 is 40.0 Å². The summed E-state index contributed by atoms with van der Waals surface area (Å²) in [5.74, 6) is 5.20. The van der Waals surface area contributed by atoms with E-state index in [0.717, 1.165) is 0 Å². The molecule has 0 atom stereocenters. The minimum absolute atomic E-state index is 0.0374. The molecule has 1 fully saturated rings. The van der Waals surface area contributed by atoms with Gasteiger partial charge in [-0.1, -0.05) is 23.1 Å². The summed E-state index contributed by atoms with van der Waals surface area (Å²) in [6.45, 7) is 1.16. The number of nitrogens with one attached hydrogen (secondary N) is 1. The Hall–Kier alpha value is -1.39. The molecule has 0 spiro atoms. The second kappa shape index (κ2) is 6.86. The molecule has 1 saturated heterocycles. The Balaban J connectivity index is 1.76. The summed E-state index contributed by atoms with van der Waals surface area (Å²) in [5, 5.41) is 7.94. The zero-order valence-corrected chi connectivity index (χ0v) is 12.4. The molecule has 0 unspecified atom stereocenters. The van der Waals surface area contributed by atoms with E-state index in [-0.39, 0.29) is 17.7 Å². The van der Waals surface area contributed by atoms with E-state index < -0.39 is 0 Å². The van der Waals surface area contributed by atoms with Crippen LogP contribution in [0, 0.1) is 5.92 Å². The van der Waals surface area contributed by atoms with E-state index in [1.807, 2.05) is 0 Å². The lowest BCUT2D eigenvalue weighted by Crippen LogP contribution is -2.45. The fourth-order valence-electron chi connectivity index (χ4n) is 2.00. The molecule has 1 aromatic rings. The van der Waals surface area contributed by atoms with E-state index in [0.29, 0.717) is 41.2 Å². The average Bonchev–Trinajstić information content (AvgIpc) is 2.89. The van der Waals surface area contributed by atoms with Gasteiger partial charge in [-0.05, 0) is 12.8 Å². The minimum atomic E-state index is -0.157. The number of likely N-dealkylation sites (tertiary alicyclic amines) is 1. The summed E-state index contributed by atoms with van der Waals surface area (Å²) in [5.41, 5.74) is 7.63. The number of nitrogens with two attached hydrogens (primary N) is 2. The third-order valence-electron chi connectivity index (χ3n) is 3.10. The van der Waals surface area contributed by atoms with Crippen LogP contribution in [0.2, 0.25) is 0 Å². The molecule has 10 heteroatoms. The molecule has 0 aliphatic carbocycles. The number of hydrogen-bond donors (Lipinski definition) is 3. The van der Waals surface area contributed by atoms with E-state index in [1.54, 1.807) is 4.90 Å². The highest BCUT2D eigenvalue weighted by atomic mass is 32.2. The van der Waals surface area contributed by atoms with Gasteiger partial charge in [-0.25, -0.2) is 5.84 Å². The summed E-state index contributed by atoms with van der Waals surface area (Å²) in [4.78, 5) is 25.2. The van der Waals surface area contributed by atoms with Crippen LogP contribution >= 0.6 is 23.1 Å². The van der Waals surface area contributed by atoms with Crippen molar-refractivity contribution in [2.24, 2.45) is 11.8 Å². The quantitative estimate of drug-likeness (QED) is 0.294. The van der Waals surface area contributed by atoms with E-state index in [9.17, 15) is 9.59 Å². The molecule has 20 heavy (non-hydrogen) atoms. The predicted octanol–water partition coefficient (Wildman–Crippen LogP) is -0.559. The first-order chi connectivity index (χ1) is 9.60. The maximum Gasteiger partial charge on any atom is 0.237 e. The van der Waals surface area contributed by atoms with Crippen molar-refractivity contribution in [2.75, 3.05) is 24.6 Å². The molecule has 1 aliphatic heterocycles. The fraction of sp³-hybridized carbons (Fsp3) is 0.600. The summed E-state index contributed by atoms with van der Waals surface area (Å²) in [7, 11) is 0. The maximum atomic E-state index is 12.0. The lowest BCUT2D eigenvalue weighted by Gasteiger charge is -2.30. The van der Waals surface area contributed by atoms with Gasteiger partial charge < -0.3 is 10.6 Å². The van der Waals surface area contributed by atoms with Crippen LogP contribution in [0.25, 0.3) is 0 Å². The van der Waals surface area contributed by atoms with Crippen LogP contribution in [0.3, 0.4) is 0 Å². The minimum Gasteiger partial charge on any atom is -0.374 e. The largest absolute Gasteiger partial charge is 0.374 e. The first kappa shape index (κ1) is 15.0. The number of rotatable bonds is 4. The first-order valence-electron chi connectivity index (χ1n) is 6.10. The van der Waals surface area contributed by atoms with Crippen molar-refractivity contribution in [1.82, 2.24) is 20.5 Å². The molecule has 5 N–H and O–H groups in total. The van der Waals surface area contributed by atoms with Crippen LogP contribution in [-0.4, -0.2) is 45.8 Å². The monoisotopic (exact) mass is 316 g/mol. The Morgan fingerprint density at radius 3 is 2.65 bits per heavy atom. The average molecular weight is 316 g/mol. The van der Waals surface area contributed by atoms with E-state index in [4.69, 9.17) is 11.6 Å². The molecular weight excluding hydrogens is 300 g/mol. The molecule has 110 valence electrons. The molecule has 0 aromatic carbocycles. The molecule has 2 heterocycles. The lowest BCUT2D eigenvalue weighted by molar-refractivity contribution is -0.133. The molecule has 0 radical (unpaired) electrons. The van der Waals surface area contributed by atoms with Crippen LogP contribution in [0.15, 0.2) is 4.34 Å². The number of aromatic nitrogens is 2. The van der Waals surface area contributed by atoms with Crippen molar-refractivity contribution in [3.8, 4) is 0 Å². The number of nitrogens with zero attached hydrogens (tertiary/aromatic N) is 3. The molecule has 8 nitrogen and oxygen atoms in total. The van der Waals surface area contributed by atoms with Crippen molar-refractivity contribution in [3.63, 3.8) is 0 Å². The zero-order chi connectivity index (χ0) is 14.5. The van der Waals surface area contributed by atoms with Crippen LogP contribution in [-0.2, 0) is 9.59 Å². The smallest absolute Gasteiger partial charge is 0.237 e. The van der Waals surface area contributed by atoms with Gasteiger partial charge in [-0.2, -0.15) is 0 Å². The van der Waals surface area contributed by atoms with Crippen LogP contribution in [0.4, 0.5) is 5.13 Å². The van der Waals surface area contributed by atoms with Gasteiger partial charge >= 0.3 is 0 Å². The van der Waals surface area contributed by atoms with E-state index >= 15 is 0 Å². The number of piperidine rings is 1. The third-order valence-corrected chi connectivity index (χ3v) is 4.97. The van der Waals surface area contributed by atoms with Gasteiger partial charge in [-0.3, -0.25) is 15.0 Å². The van der Waals surface area contributed by atoms with E-state index in [1.165, 1.54) is 23.1 Å². The number of hydrazine groups is 1. The topological polar surface area (TPSA) is 127 Å². The van der Waals surface area contributed by atoms with Crippen LogP contribution < -0.4 is 17.0 Å². The standard InChI is InChI=1S/C10H16N6O2S2/c11-9-14-15-10(20-9)19-5-7(17)16-3-1-6(2-4-16)8(18)13-12/h6H,1-5,12H2,(H2,11,14)(H,13,18). The Kier molecular flexibility index (Phi) is 5.15. The SMILES string of the molecule is NNC(=O)C1CCN(C(=O)CSc2nnc(N)s2)CC1. The molecular formula is C10H16N6O2S2. The van der Waals surface area contributed by atoms with Crippen molar-refractivity contribution in [2.45, 2.75) is 17.2 Å². The van der Waals surface area contributed by atoms with Crippen molar-refractivity contribution in [3.05, 3.63) is 0 Å². The van der Waals surface area contributed by atoms with Gasteiger partial charge in [0.2, 0.25) is 16.9 Å². The molecule has 1 aliphatic rings. The Labute approximate surface area is 124 Å². The van der Waals surface area contributed by atoms with E-state index in [2.05, 4.69) is 15.6 Å². The summed E-state index contributed by atoms with van der Waals surface area (Å²) >= 11 is 2.59. The van der Waals surface area contributed by atoms with Crippen molar-refractivity contribution < 1.29 is 9.59 Å². The number of nitrogen functional groups attached to an aromatic ring is 1. The number of anilines is 1. The normalized spacial score (nSPS) is 16.1. The summed E-state index contributed by atoms with van der Waals surface area (Å²) in [6.07, 6.45) is 1.29. The fourth-order valence-corrected chi connectivity index (χ4v) is 3.54. The highest BCUT2D eigenvalue weighted by molar-refractivity contribution is 8.01. The van der Waals surface area contributed by atoms with Gasteiger partial charge in [0.05, 0.1) is 5.75 Å². The number of carbonyl (C=O) groups is 2. The Bertz CT molecular complexity index is 486. The van der Waals surface area contributed by atoms with Gasteiger partial charge in [0, 0.05) is 19.0 Å². The number of carbonyl (C=O) groups excluding carboxylic acids is 2. The number of hydrogen-bond acceptors (Lipinski definition) is 8. The Morgan fingerprint density at radius 2 is 2.10 bits per heavy atom. The third kappa shape index (κ3) is 3.81. The molecule has 1 aromatic heterocycles. The number of thioether (sulfide) groups is 1. The molecule has 0 bridgehead atoms. The Morgan fingerprint density at radius 1 is 1.40 bits per heavy atom. The van der Waals surface area contributed by atoms with Gasteiger partial charge in [-0.15, -0.1) is 10.2 Å². The molecule has 2 rings (SSSR count). The summed E-state index contributed by atoms with van der Waals surface area (Å²) in [6, 6.07) is 0. The summed E-state index contributed by atoms with van der Waals surface area (Å²) < 4.78 is 0.688. The maximum absolute atomic E-state index is 12.0. The predicted molar refractivity (Wildman–Crippen MR) is 76.7 cm³/mol.